The average molecular weight is 518 g/mol. The normalized spacial score (nSPS) is 11.1. The summed E-state index contributed by atoms with van der Waals surface area (Å²) in [6.07, 6.45) is 4.43. The van der Waals surface area contributed by atoms with Gasteiger partial charge in [-0.3, -0.25) is 9.59 Å². The zero-order valence-corrected chi connectivity index (χ0v) is 21.8. The van der Waals surface area contributed by atoms with E-state index in [1.807, 2.05) is 36.4 Å². The topological polar surface area (TPSA) is 123 Å². The summed E-state index contributed by atoms with van der Waals surface area (Å²) in [6, 6.07) is 19.3. The van der Waals surface area contributed by atoms with Crippen molar-refractivity contribution in [3.05, 3.63) is 83.4 Å². The second kappa shape index (κ2) is 14.3. The first-order chi connectivity index (χ1) is 18.4. The number of amides is 2. The highest BCUT2D eigenvalue weighted by molar-refractivity contribution is 6.24. The van der Waals surface area contributed by atoms with Gasteiger partial charge in [0.25, 0.3) is 5.91 Å². The monoisotopic (exact) mass is 517 g/mol. The van der Waals surface area contributed by atoms with Crippen molar-refractivity contribution < 1.29 is 24.2 Å². The van der Waals surface area contributed by atoms with Crippen LogP contribution in [-0.2, 0) is 16.1 Å². The molecule has 0 saturated heterocycles. The Balaban J connectivity index is 1.53. The Morgan fingerprint density at radius 1 is 0.895 bits per heavy atom. The van der Waals surface area contributed by atoms with Crippen LogP contribution in [-0.4, -0.2) is 37.7 Å². The molecule has 3 aromatic rings. The van der Waals surface area contributed by atoms with Gasteiger partial charge in [0.15, 0.2) is 0 Å². The smallest absolute Gasteiger partial charge is 0.251 e. The molecule has 38 heavy (non-hydrogen) atoms. The highest BCUT2D eigenvalue weighted by atomic mass is 16.5. The van der Waals surface area contributed by atoms with E-state index in [1.54, 1.807) is 50.6 Å². The van der Waals surface area contributed by atoms with Gasteiger partial charge in [-0.05, 0) is 65.9 Å². The van der Waals surface area contributed by atoms with Gasteiger partial charge in [-0.1, -0.05) is 36.8 Å². The first-order valence-corrected chi connectivity index (χ1v) is 12.5. The molecule has 0 aliphatic heterocycles. The number of phenols is 1. The first kappa shape index (κ1) is 28.1. The summed E-state index contributed by atoms with van der Waals surface area (Å²) in [7, 11) is 3.14. The molecule has 3 rings (SSSR count). The van der Waals surface area contributed by atoms with Gasteiger partial charge in [0.2, 0.25) is 5.91 Å². The van der Waals surface area contributed by atoms with E-state index in [0.717, 1.165) is 30.4 Å². The largest absolute Gasteiger partial charge is 0.508 e. The summed E-state index contributed by atoms with van der Waals surface area (Å²) in [5.74, 6) is 1.07. The number of para-hydroxylation sites is 1. The van der Waals surface area contributed by atoms with Crippen LogP contribution >= 0.6 is 0 Å². The van der Waals surface area contributed by atoms with Gasteiger partial charge in [0.05, 0.1) is 14.2 Å². The molecule has 0 fully saturated rings. The summed E-state index contributed by atoms with van der Waals surface area (Å²) in [6.45, 7) is 0.880. The van der Waals surface area contributed by atoms with Crippen molar-refractivity contribution in [1.29, 1.82) is 0 Å². The number of nitrogens with two attached hydrogens (primary N) is 1. The number of hydrogen-bond donors (Lipinski definition) is 4. The average Bonchev–Trinajstić information content (AvgIpc) is 2.93. The van der Waals surface area contributed by atoms with Crippen molar-refractivity contribution in [2.24, 2.45) is 0 Å². The van der Waals surface area contributed by atoms with Crippen LogP contribution < -0.4 is 25.8 Å². The SMILES string of the molecule is COc1cc(/C=C(\C(=O)NCCCCCC(=O)NCc2ccccc2N)c2ccc(O)cc2)cc(OC)c1. The van der Waals surface area contributed by atoms with E-state index >= 15 is 0 Å². The molecule has 0 aliphatic carbocycles. The molecule has 200 valence electrons. The summed E-state index contributed by atoms with van der Waals surface area (Å²) < 4.78 is 10.7. The number of benzene rings is 3. The van der Waals surface area contributed by atoms with Crippen molar-refractivity contribution in [3.63, 3.8) is 0 Å². The molecule has 0 heterocycles. The minimum Gasteiger partial charge on any atom is -0.508 e. The van der Waals surface area contributed by atoms with E-state index in [-0.39, 0.29) is 17.6 Å². The Morgan fingerprint density at radius 3 is 2.24 bits per heavy atom. The minimum atomic E-state index is -0.240. The molecule has 0 aliphatic rings. The number of phenolic OH excluding ortho intramolecular Hbond substituents is 1. The molecular weight excluding hydrogens is 482 g/mol. The van der Waals surface area contributed by atoms with Crippen LogP contribution in [0.5, 0.6) is 17.2 Å². The zero-order chi connectivity index (χ0) is 27.3. The fourth-order valence-electron chi connectivity index (χ4n) is 3.86. The van der Waals surface area contributed by atoms with Gasteiger partial charge in [-0.25, -0.2) is 0 Å². The Bertz CT molecular complexity index is 1230. The summed E-state index contributed by atoms with van der Waals surface area (Å²) in [5.41, 5.74) is 9.31. The fourth-order valence-corrected chi connectivity index (χ4v) is 3.86. The van der Waals surface area contributed by atoms with Crippen LogP contribution in [0.1, 0.15) is 42.4 Å². The van der Waals surface area contributed by atoms with Crippen LogP contribution in [0.4, 0.5) is 5.69 Å². The van der Waals surface area contributed by atoms with Gasteiger partial charge in [0.1, 0.15) is 17.2 Å². The van der Waals surface area contributed by atoms with E-state index < -0.39 is 0 Å². The highest BCUT2D eigenvalue weighted by Crippen LogP contribution is 2.27. The second-order valence-electron chi connectivity index (χ2n) is 8.79. The molecule has 0 spiro atoms. The van der Waals surface area contributed by atoms with Crippen molar-refractivity contribution in [2.75, 3.05) is 26.5 Å². The van der Waals surface area contributed by atoms with Crippen molar-refractivity contribution in [2.45, 2.75) is 32.2 Å². The lowest BCUT2D eigenvalue weighted by atomic mass is 10.0. The molecule has 0 unspecified atom stereocenters. The molecule has 0 bridgehead atoms. The number of nitrogen functional groups attached to an aromatic ring is 1. The van der Waals surface area contributed by atoms with Crippen LogP contribution in [0.2, 0.25) is 0 Å². The molecule has 8 nitrogen and oxygen atoms in total. The van der Waals surface area contributed by atoms with E-state index in [2.05, 4.69) is 10.6 Å². The third-order valence-corrected chi connectivity index (χ3v) is 6.00. The van der Waals surface area contributed by atoms with Gasteiger partial charge in [-0.15, -0.1) is 0 Å². The van der Waals surface area contributed by atoms with Crippen molar-refractivity contribution in [1.82, 2.24) is 10.6 Å². The molecule has 3 aromatic carbocycles. The summed E-state index contributed by atoms with van der Waals surface area (Å²) >= 11 is 0. The number of rotatable bonds is 13. The maximum atomic E-state index is 13.2. The number of ether oxygens (including phenoxy) is 2. The Hall–Kier alpha value is -4.46. The van der Waals surface area contributed by atoms with Crippen LogP contribution in [0.3, 0.4) is 0 Å². The zero-order valence-electron chi connectivity index (χ0n) is 21.8. The Labute approximate surface area is 223 Å². The molecule has 0 aromatic heterocycles. The first-order valence-electron chi connectivity index (χ1n) is 12.5. The Morgan fingerprint density at radius 2 is 1.58 bits per heavy atom. The fraction of sp³-hybridized carbons (Fsp3) is 0.267. The number of nitrogens with one attached hydrogen (secondary N) is 2. The number of carbonyl (C=O) groups is 2. The van der Waals surface area contributed by atoms with Crippen LogP contribution in [0.15, 0.2) is 66.7 Å². The van der Waals surface area contributed by atoms with Gasteiger partial charge in [0, 0.05) is 36.8 Å². The van der Waals surface area contributed by atoms with Crippen molar-refractivity contribution in [3.8, 4) is 17.2 Å². The minimum absolute atomic E-state index is 0.0245. The number of unbranched alkanes of at least 4 members (excludes halogenated alkanes) is 2. The van der Waals surface area contributed by atoms with E-state index in [1.165, 1.54) is 0 Å². The Kier molecular flexibility index (Phi) is 10.6. The summed E-state index contributed by atoms with van der Waals surface area (Å²) in [5, 5.41) is 15.5. The molecule has 8 heteroatoms. The molecular formula is C30H35N3O5. The molecule has 5 N–H and O–H groups in total. The van der Waals surface area contributed by atoms with E-state index in [4.69, 9.17) is 15.2 Å². The van der Waals surface area contributed by atoms with E-state index in [9.17, 15) is 14.7 Å². The third kappa shape index (κ3) is 8.58. The number of anilines is 1. The van der Waals surface area contributed by atoms with E-state index in [0.29, 0.717) is 47.8 Å². The number of methoxy groups -OCH3 is 2. The molecule has 0 saturated carbocycles. The maximum absolute atomic E-state index is 13.2. The maximum Gasteiger partial charge on any atom is 0.251 e. The molecule has 0 radical (unpaired) electrons. The summed E-state index contributed by atoms with van der Waals surface area (Å²) in [4.78, 5) is 25.3. The number of aromatic hydroxyl groups is 1. The quantitative estimate of drug-likeness (QED) is 0.114. The van der Waals surface area contributed by atoms with Gasteiger partial charge in [-0.2, -0.15) is 0 Å². The second-order valence-corrected chi connectivity index (χ2v) is 8.79. The molecule has 0 atom stereocenters. The predicted molar refractivity (Wildman–Crippen MR) is 150 cm³/mol. The standard InChI is InChI=1S/C30H35N3O5/c1-37-25-16-21(17-26(19-25)38-2)18-27(22-11-13-24(34)14-12-22)30(36)32-15-7-3-4-10-29(35)33-20-23-8-5-6-9-28(23)31/h5-6,8-9,11-14,16-19,34H,3-4,7,10,15,20,31H2,1-2H3,(H,32,36)(H,33,35)/b27-18-. The van der Waals surface area contributed by atoms with Gasteiger partial charge < -0.3 is 30.9 Å². The number of hydrogen-bond acceptors (Lipinski definition) is 6. The lowest BCUT2D eigenvalue weighted by molar-refractivity contribution is -0.121. The van der Waals surface area contributed by atoms with Crippen molar-refractivity contribution >= 4 is 29.2 Å². The van der Waals surface area contributed by atoms with Crippen LogP contribution in [0.25, 0.3) is 11.6 Å². The highest BCUT2D eigenvalue weighted by Gasteiger charge is 2.13. The lowest BCUT2D eigenvalue weighted by Gasteiger charge is -2.11. The third-order valence-electron chi connectivity index (χ3n) is 6.00. The number of carbonyl (C=O) groups excluding carboxylic acids is 2. The predicted octanol–water partition coefficient (Wildman–Crippen LogP) is 4.53. The van der Waals surface area contributed by atoms with Crippen LogP contribution in [0, 0.1) is 0 Å². The van der Waals surface area contributed by atoms with Gasteiger partial charge >= 0.3 is 0 Å². The lowest BCUT2D eigenvalue weighted by Crippen LogP contribution is -2.25. The molecule has 2 amide bonds.